The normalized spacial score (nSPS) is 16.7. The van der Waals surface area contributed by atoms with Crippen molar-refractivity contribution in [2.75, 3.05) is 7.11 Å². The molecule has 24 heavy (non-hydrogen) atoms. The zero-order chi connectivity index (χ0) is 16.9. The third-order valence-electron chi connectivity index (χ3n) is 5.03. The van der Waals surface area contributed by atoms with Crippen molar-refractivity contribution in [1.82, 2.24) is 4.98 Å². The van der Waals surface area contributed by atoms with Gasteiger partial charge < -0.3 is 4.74 Å². The van der Waals surface area contributed by atoms with Gasteiger partial charge in [0.15, 0.2) is 0 Å². The number of pyridine rings is 1. The van der Waals surface area contributed by atoms with E-state index in [0.717, 1.165) is 30.1 Å². The first-order valence-electron chi connectivity index (χ1n) is 9.04. The van der Waals surface area contributed by atoms with Crippen LogP contribution in [0.15, 0.2) is 30.3 Å². The first-order valence-corrected chi connectivity index (χ1v) is 9.04. The molecule has 1 aromatic carbocycles. The Morgan fingerprint density at radius 1 is 1.21 bits per heavy atom. The van der Waals surface area contributed by atoms with E-state index >= 15 is 0 Å². The Morgan fingerprint density at radius 2 is 2.08 bits per heavy atom. The van der Waals surface area contributed by atoms with Gasteiger partial charge in [-0.2, -0.15) is 0 Å². The van der Waals surface area contributed by atoms with Gasteiger partial charge in [-0.15, -0.1) is 0 Å². The summed E-state index contributed by atoms with van der Waals surface area (Å²) in [6.45, 7) is 2.25. The molecule has 3 heteroatoms. The van der Waals surface area contributed by atoms with Gasteiger partial charge in [0.25, 0.3) is 0 Å². The first kappa shape index (κ1) is 16.9. The topological polar surface area (TPSA) is 22.1 Å². The zero-order valence-corrected chi connectivity index (χ0v) is 14.6. The minimum absolute atomic E-state index is 0.282. The van der Waals surface area contributed by atoms with E-state index in [0.29, 0.717) is 11.3 Å². The number of hydrogen-bond acceptors (Lipinski definition) is 2. The number of aromatic nitrogens is 1. The van der Waals surface area contributed by atoms with Gasteiger partial charge in [-0.25, -0.2) is 4.39 Å². The quantitative estimate of drug-likeness (QED) is 0.646. The fraction of sp³-hybridized carbons (Fsp3) is 0.476. The third kappa shape index (κ3) is 3.77. The van der Waals surface area contributed by atoms with Crippen LogP contribution in [0.4, 0.5) is 4.39 Å². The van der Waals surface area contributed by atoms with Crippen LogP contribution in [0.3, 0.4) is 0 Å². The van der Waals surface area contributed by atoms with E-state index in [1.165, 1.54) is 43.7 Å². The molecule has 2 aromatic rings. The van der Waals surface area contributed by atoms with Gasteiger partial charge in [0.2, 0.25) is 0 Å². The molecule has 1 unspecified atom stereocenters. The Balaban J connectivity index is 1.76. The molecule has 1 heterocycles. The van der Waals surface area contributed by atoms with Crippen LogP contribution in [0.1, 0.15) is 50.3 Å². The van der Waals surface area contributed by atoms with E-state index < -0.39 is 0 Å². The number of fused-ring (bicyclic) bond motifs is 1. The highest BCUT2D eigenvalue weighted by molar-refractivity contribution is 5.61. The predicted molar refractivity (Wildman–Crippen MR) is 95.8 cm³/mol. The number of hydrogen-bond donors (Lipinski definition) is 0. The van der Waals surface area contributed by atoms with E-state index in [4.69, 9.17) is 9.72 Å². The molecule has 0 amide bonds. The van der Waals surface area contributed by atoms with Crippen LogP contribution in [0.5, 0.6) is 5.75 Å². The van der Waals surface area contributed by atoms with Gasteiger partial charge in [0, 0.05) is 17.3 Å². The molecule has 3 rings (SSSR count). The Morgan fingerprint density at radius 3 is 2.83 bits per heavy atom. The van der Waals surface area contributed by atoms with Crippen LogP contribution in [0.2, 0.25) is 0 Å². The monoisotopic (exact) mass is 327 g/mol. The molecular weight excluding hydrogens is 301 g/mol. The molecule has 2 nitrogen and oxygen atoms in total. The SMILES string of the molecule is CCCCCC1CCc2nc(-c3ccc(OC)cc3F)ccc2C1. The first-order chi connectivity index (χ1) is 11.7. The van der Waals surface area contributed by atoms with Crippen molar-refractivity contribution in [3.8, 4) is 17.0 Å². The summed E-state index contributed by atoms with van der Waals surface area (Å²) in [6, 6.07) is 9.05. The molecule has 0 bridgehead atoms. The van der Waals surface area contributed by atoms with E-state index in [-0.39, 0.29) is 5.82 Å². The number of nitrogens with zero attached hydrogens (tertiary/aromatic N) is 1. The van der Waals surface area contributed by atoms with Crippen LogP contribution >= 0.6 is 0 Å². The summed E-state index contributed by atoms with van der Waals surface area (Å²) in [4.78, 5) is 4.75. The summed E-state index contributed by atoms with van der Waals surface area (Å²) in [5.41, 5.74) is 3.76. The lowest BCUT2D eigenvalue weighted by Crippen LogP contribution is -2.16. The maximum atomic E-state index is 14.3. The number of ether oxygens (including phenoxy) is 1. The minimum Gasteiger partial charge on any atom is -0.497 e. The second-order valence-corrected chi connectivity index (χ2v) is 6.75. The molecule has 1 aromatic heterocycles. The van der Waals surface area contributed by atoms with Crippen molar-refractivity contribution in [3.63, 3.8) is 0 Å². The summed E-state index contributed by atoms with van der Waals surface area (Å²) in [7, 11) is 1.54. The number of halogens is 1. The summed E-state index contributed by atoms with van der Waals surface area (Å²) in [5.74, 6) is 1.04. The maximum Gasteiger partial charge on any atom is 0.136 e. The smallest absolute Gasteiger partial charge is 0.136 e. The van der Waals surface area contributed by atoms with Crippen LogP contribution < -0.4 is 4.74 Å². The average Bonchev–Trinajstić information content (AvgIpc) is 2.61. The molecule has 1 atom stereocenters. The number of benzene rings is 1. The fourth-order valence-electron chi connectivity index (χ4n) is 3.60. The Labute approximate surface area is 144 Å². The van der Waals surface area contributed by atoms with E-state index in [9.17, 15) is 4.39 Å². The number of unbranched alkanes of at least 4 members (excludes halogenated alkanes) is 2. The minimum atomic E-state index is -0.282. The van der Waals surface area contributed by atoms with Crippen LogP contribution in [0.25, 0.3) is 11.3 Å². The Kier molecular flexibility index (Phi) is 5.49. The Hall–Kier alpha value is -1.90. The van der Waals surface area contributed by atoms with Crippen molar-refractivity contribution in [2.24, 2.45) is 5.92 Å². The fourth-order valence-corrected chi connectivity index (χ4v) is 3.60. The zero-order valence-electron chi connectivity index (χ0n) is 14.6. The molecule has 0 saturated heterocycles. The average molecular weight is 327 g/mol. The lowest BCUT2D eigenvalue weighted by molar-refractivity contribution is 0.404. The van der Waals surface area contributed by atoms with Gasteiger partial charge in [-0.3, -0.25) is 4.98 Å². The molecule has 0 aliphatic heterocycles. The van der Waals surface area contributed by atoms with Gasteiger partial charge >= 0.3 is 0 Å². The van der Waals surface area contributed by atoms with Crippen LogP contribution in [0, 0.1) is 11.7 Å². The highest BCUT2D eigenvalue weighted by atomic mass is 19.1. The number of rotatable bonds is 6. The van der Waals surface area contributed by atoms with Crippen molar-refractivity contribution >= 4 is 0 Å². The molecule has 1 aliphatic carbocycles. The Bertz CT molecular complexity index is 698. The van der Waals surface area contributed by atoms with Crippen molar-refractivity contribution < 1.29 is 9.13 Å². The second kappa shape index (κ2) is 7.78. The van der Waals surface area contributed by atoms with Crippen LogP contribution in [-0.2, 0) is 12.8 Å². The summed E-state index contributed by atoms with van der Waals surface area (Å²) >= 11 is 0. The van der Waals surface area contributed by atoms with Crippen molar-refractivity contribution in [1.29, 1.82) is 0 Å². The molecular formula is C21H26FNO. The molecule has 0 saturated carbocycles. The highest BCUT2D eigenvalue weighted by Crippen LogP contribution is 2.31. The summed E-state index contributed by atoms with van der Waals surface area (Å²) < 4.78 is 19.3. The molecule has 0 N–H and O–H groups in total. The lowest BCUT2D eigenvalue weighted by atomic mass is 9.83. The lowest BCUT2D eigenvalue weighted by Gasteiger charge is -2.24. The molecule has 0 fully saturated rings. The highest BCUT2D eigenvalue weighted by Gasteiger charge is 2.20. The summed E-state index contributed by atoms with van der Waals surface area (Å²) in [5, 5.41) is 0. The second-order valence-electron chi connectivity index (χ2n) is 6.75. The van der Waals surface area contributed by atoms with E-state index in [2.05, 4.69) is 13.0 Å². The van der Waals surface area contributed by atoms with Crippen molar-refractivity contribution in [2.45, 2.75) is 51.9 Å². The van der Waals surface area contributed by atoms with E-state index in [1.54, 1.807) is 19.2 Å². The van der Waals surface area contributed by atoms with E-state index in [1.807, 2.05) is 6.07 Å². The molecule has 0 radical (unpaired) electrons. The van der Waals surface area contributed by atoms with Gasteiger partial charge in [-0.05, 0) is 48.9 Å². The molecule has 0 spiro atoms. The molecule has 128 valence electrons. The largest absolute Gasteiger partial charge is 0.497 e. The molecule has 1 aliphatic rings. The third-order valence-corrected chi connectivity index (χ3v) is 5.03. The van der Waals surface area contributed by atoms with Crippen molar-refractivity contribution in [3.05, 3.63) is 47.4 Å². The number of aryl methyl sites for hydroxylation is 1. The van der Waals surface area contributed by atoms with Crippen LogP contribution in [-0.4, -0.2) is 12.1 Å². The predicted octanol–water partition coefficient (Wildman–Crippen LogP) is 5.58. The number of methoxy groups -OCH3 is 1. The van der Waals surface area contributed by atoms with Gasteiger partial charge in [-0.1, -0.05) is 38.7 Å². The maximum absolute atomic E-state index is 14.3. The van der Waals surface area contributed by atoms with Gasteiger partial charge in [0.05, 0.1) is 12.8 Å². The van der Waals surface area contributed by atoms with Gasteiger partial charge in [0.1, 0.15) is 11.6 Å². The standard InChI is InChI=1S/C21H26FNO/c1-3-4-5-6-15-7-11-20-16(13-15)8-12-21(23-20)18-10-9-17(24-2)14-19(18)22/h8-10,12,14-15H,3-7,11,13H2,1-2H3. The summed E-state index contributed by atoms with van der Waals surface area (Å²) in [6.07, 6.45) is 8.60.